The van der Waals surface area contributed by atoms with Crippen molar-refractivity contribution in [2.24, 2.45) is 11.8 Å². The van der Waals surface area contributed by atoms with Crippen molar-refractivity contribution in [3.63, 3.8) is 0 Å². The SMILES string of the molecule is O=C1CC(C(F)(F)F)C2C(NNC2c2cccc(C(F)(F)F)c2)N1. The second kappa shape index (κ2) is 5.62. The molecule has 1 aromatic carbocycles. The van der Waals surface area contributed by atoms with Gasteiger partial charge in [-0.2, -0.15) is 26.3 Å². The molecular formula is C14H13F6N3O. The molecule has 2 saturated heterocycles. The monoisotopic (exact) mass is 353 g/mol. The molecular weight excluding hydrogens is 340 g/mol. The van der Waals surface area contributed by atoms with E-state index in [1.165, 1.54) is 6.07 Å². The topological polar surface area (TPSA) is 53.2 Å². The van der Waals surface area contributed by atoms with Crippen LogP contribution in [0.5, 0.6) is 0 Å². The van der Waals surface area contributed by atoms with Gasteiger partial charge in [0.05, 0.1) is 23.7 Å². The number of carbonyl (C=O) groups is 1. The number of hydrogen-bond donors (Lipinski definition) is 3. The summed E-state index contributed by atoms with van der Waals surface area (Å²) in [6, 6.07) is 3.15. The van der Waals surface area contributed by atoms with Crippen molar-refractivity contribution < 1.29 is 31.1 Å². The lowest BCUT2D eigenvalue weighted by molar-refractivity contribution is -0.200. The second-order valence-corrected chi connectivity index (χ2v) is 5.86. The van der Waals surface area contributed by atoms with E-state index in [2.05, 4.69) is 16.2 Å². The van der Waals surface area contributed by atoms with E-state index in [4.69, 9.17) is 0 Å². The highest BCUT2D eigenvalue weighted by Crippen LogP contribution is 2.45. The highest BCUT2D eigenvalue weighted by Gasteiger charge is 2.56. The first-order valence-electron chi connectivity index (χ1n) is 7.11. The first-order valence-corrected chi connectivity index (χ1v) is 7.11. The second-order valence-electron chi connectivity index (χ2n) is 5.86. The zero-order chi connectivity index (χ0) is 17.7. The Bertz CT molecular complexity index is 644. The molecule has 1 amide bonds. The van der Waals surface area contributed by atoms with Crippen molar-refractivity contribution in [2.75, 3.05) is 0 Å². The van der Waals surface area contributed by atoms with Crippen molar-refractivity contribution in [1.29, 1.82) is 0 Å². The summed E-state index contributed by atoms with van der Waals surface area (Å²) in [5.41, 5.74) is 4.26. The Labute approximate surface area is 132 Å². The normalized spacial score (nSPS) is 30.8. The number of alkyl halides is 6. The molecule has 0 spiro atoms. The summed E-state index contributed by atoms with van der Waals surface area (Å²) in [6.45, 7) is 0. The molecule has 2 aliphatic rings. The third kappa shape index (κ3) is 3.07. The lowest BCUT2D eigenvalue weighted by Crippen LogP contribution is -2.55. The zero-order valence-corrected chi connectivity index (χ0v) is 12.0. The number of benzene rings is 1. The van der Waals surface area contributed by atoms with Crippen LogP contribution in [0.15, 0.2) is 24.3 Å². The predicted molar refractivity (Wildman–Crippen MR) is 70.0 cm³/mol. The van der Waals surface area contributed by atoms with E-state index in [1.807, 2.05) is 0 Å². The number of nitrogens with one attached hydrogen (secondary N) is 3. The van der Waals surface area contributed by atoms with Gasteiger partial charge in [-0.05, 0) is 17.7 Å². The van der Waals surface area contributed by atoms with E-state index >= 15 is 0 Å². The molecule has 0 radical (unpaired) electrons. The van der Waals surface area contributed by atoms with Gasteiger partial charge in [-0.25, -0.2) is 10.9 Å². The Balaban J connectivity index is 1.96. The van der Waals surface area contributed by atoms with Crippen LogP contribution in [0.3, 0.4) is 0 Å². The van der Waals surface area contributed by atoms with E-state index in [1.54, 1.807) is 0 Å². The maximum atomic E-state index is 13.3. The fourth-order valence-electron chi connectivity index (χ4n) is 3.28. The van der Waals surface area contributed by atoms with Crippen LogP contribution in [0.2, 0.25) is 0 Å². The molecule has 4 nitrogen and oxygen atoms in total. The molecule has 1 aromatic rings. The molecule has 4 unspecified atom stereocenters. The van der Waals surface area contributed by atoms with Gasteiger partial charge in [-0.1, -0.05) is 12.1 Å². The van der Waals surface area contributed by atoms with E-state index in [0.29, 0.717) is 0 Å². The van der Waals surface area contributed by atoms with Crippen molar-refractivity contribution in [3.05, 3.63) is 35.4 Å². The molecule has 0 aromatic heterocycles. The van der Waals surface area contributed by atoms with Gasteiger partial charge in [0.15, 0.2) is 0 Å². The number of hydrazine groups is 1. The average molecular weight is 353 g/mol. The quantitative estimate of drug-likeness (QED) is 0.680. The lowest BCUT2D eigenvalue weighted by atomic mass is 9.77. The Morgan fingerprint density at radius 1 is 1.04 bits per heavy atom. The van der Waals surface area contributed by atoms with Gasteiger partial charge < -0.3 is 5.32 Å². The first-order chi connectivity index (χ1) is 11.1. The van der Waals surface area contributed by atoms with Gasteiger partial charge in [0, 0.05) is 12.3 Å². The summed E-state index contributed by atoms with van der Waals surface area (Å²) in [7, 11) is 0. The van der Waals surface area contributed by atoms with E-state index in [9.17, 15) is 31.1 Å². The van der Waals surface area contributed by atoms with Crippen LogP contribution >= 0.6 is 0 Å². The minimum Gasteiger partial charge on any atom is -0.339 e. The fraction of sp³-hybridized carbons (Fsp3) is 0.500. The summed E-state index contributed by atoms with van der Waals surface area (Å²) < 4.78 is 78.4. The predicted octanol–water partition coefficient (Wildman–Crippen LogP) is 2.50. The first kappa shape index (κ1) is 17.0. The van der Waals surface area contributed by atoms with Crippen LogP contribution < -0.4 is 16.2 Å². The summed E-state index contributed by atoms with van der Waals surface area (Å²) in [4.78, 5) is 11.5. The van der Waals surface area contributed by atoms with Gasteiger partial charge in [0.1, 0.15) is 0 Å². The largest absolute Gasteiger partial charge is 0.416 e. The number of amides is 1. The minimum absolute atomic E-state index is 0.0789. The van der Waals surface area contributed by atoms with Crippen LogP contribution in [0.25, 0.3) is 0 Å². The summed E-state index contributed by atoms with van der Waals surface area (Å²) in [5, 5.41) is 2.39. The van der Waals surface area contributed by atoms with Crippen LogP contribution in [0.4, 0.5) is 26.3 Å². The fourth-order valence-corrected chi connectivity index (χ4v) is 3.28. The number of halogens is 6. The Morgan fingerprint density at radius 2 is 1.75 bits per heavy atom. The molecule has 132 valence electrons. The van der Waals surface area contributed by atoms with E-state index < -0.39 is 54.3 Å². The molecule has 0 aliphatic carbocycles. The van der Waals surface area contributed by atoms with E-state index in [0.717, 1.165) is 18.2 Å². The maximum Gasteiger partial charge on any atom is 0.416 e. The molecule has 2 heterocycles. The van der Waals surface area contributed by atoms with Crippen LogP contribution in [0, 0.1) is 11.8 Å². The molecule has 0 bridgehead atoms. The van der Waals surface area contributed by atoms with Crippen molar-refractivity contribution in [3.8, 4) is 0 Å². The maximum absolute atomic E-state index is 13.3. The molecule has 3 rings (SSSR count). The average Bonchev–Trinajstić information content (AvgIpc) is 2.88. The Morgan fingerprint density at radius 3 is 2.38 bits per heavy atom. The molecule has 10 heteroatoms. The number of rotatable bonds is 1. The van der Waals surface area contributed by atoms with Crippen LogP contribution in [0.1, 0.15) is 23.6 Å². The van der Waals surface area contributed by atoms with Gasteiger partial charge in [-0.15, -0.1) is 0 Å². The van der Waals surface area contributed by atoms with Gasteiger partial charge in [0.25, 0.3) is 0 Å². The number of carbonyl (C=O) groups excluding carboxylic acids is 1. The van der Waals surface area contributed by atoms with Gasteiger partial charge in [-0.3, -0.25) is 4.79 Å². The van der Waals surface area contributed by atoms with Crippen molar-refractivity contribution >= 4 is 5.91 Å². The molecule has 3 N–H and O–H groups in total. The number of piperidine rings is 1. The van der Waals surface area contributed by atoms with E-state index in [-0.39, 0.29) is 5.56 Å². The van der Waals surface area contributed by atoms with Gasteiger partial charge >= 0.3 is 12.4 Å². The molecule has 2 aliphatic heterocycles. The highest BCUT2D eigenvalue weighted by atomic mass is 19.4. The molecule has 0 saturated carbocycles. The third-order valence-electron chi connectivity index (χ3n) is 4.34. The molecule has 2 fully saturated rings. The third-order valence-corrected chi connectivity index (χ3v) is 4.34. The van der Waals surface area contributed by atoms with Crippen molar-refractivity contribution in [2.45, 2.75) is 31.0 Å². The minimum atomic E-state index is -4.63. The summed E-state index contributed by atoms with van der Waals surface area (Å²) >= 11 is 0. The number of hydrogen-bond acceptors (Lipinski definition) is 3. The zero-order valence-electron chi connectivity index (χ0n) is 12.0. The van der Waals surface area contributed by atoms with Crippen LogP contribution in [-0.4, -0.2) is 18.2 Å². The summed E-state index contributed by atoms with van der Waals surface area (Å²) in [5.74, 6) is -3.85. The Hall–Kier alpha value is -1.81. The Kier molecular flexibility index (Phi) is 3.99. The molecule has 24 heavy (non-hydrogen) atoms. The van der Waals surface area contributed by atoms with Gasteiger partial charge in [0.2, 0.25) is 5.91 Å². The number of fused-ring (bicyclic) bond motifs is 1. The highest BCUT2D eigenvalue weighted by molar-refractivity contribution is 5.77. The van der Waals surface area contributed by atoms with Crippen molar-refractivity contribution in [1.82, 2.24) is 16.2 Å². The van der Waals surface area contributed by atoms with Crippen LogP contribution in [-0.2, 0) is 11.0 Å². The smallest absolute Gasteiger partial charge is 0.339 e. The standard InChI is InChI=1S/C14H13F6N3O/c15-13(16,17)7-3-1-2-6(4-7)11-10-8(14(18,19)20)5-9(24)21-12(10)23-22-11/h1-4,8,10-12,22-23H,5H2,(H,21,24). The lowest BCUT2D eigenvalue weighted by Gasteiger charge is -2.36. The molecule has 4 atom stereocenters. The summed E-state index contributed by atoms with van der Waals surface area (Å²) in [6.07, 6.45) is -11.0.